The van der Waals surface area contributed by atoms with Gasteiger partial charge in [-0.2, -0.15) is 0 Å². The number of hydrogen-bond donors (Lipinski definition) is 1. The molecule has 0 aliphatic carbocycles. The summed E-state index contributed by atoms with van der Waals surface area (Å²) in [6.07, 6.45) is 6.89. The van der Waals surface area contributed by atoms with Crippen LogP contribution in [0, 0.1) is 0 Å². The lowest BCUT2D eigenvalue weighted by Crippen LogP contribution is -2.38. The average molecular weight is 435 g/mol. The first-order valence-corrected chi connectivity index (χ1v) is 11.5. The standard InChI is InChI=1S/C19H18N2O4S3/c22-17(20-15-10-12-28(24,25)13-15)9-11-21-18(23)16(27-19(21)26)8-4-7-14-5-2-1-3-6-14/h1-8,10,12,15H,9,11,13H2,(H,20,22)/b7-4+,16-8+. The summed E-state index contributed by atoms with van der Waals surface area (Å²) < 4.78 is 23.1. The van der Waals surface area contributed by atoms with Gasteiger partial charge in [0.2, 0.25) is 5.91 Å². The molecule has 0 radical (unpaired) electrons. The van der Waals surface area contributed by atoms with Crippen molar-refractivity contribution in [2.45, 2.75) is 12.5 Å². The lowest BCUT2D eigenvalue weighted by molar-refractivity contribution is -0.124. The number of thioether (sulfide) groups is 1. The molecule has 0 bridgehead atoms. The number of thiocarbonyl (C=S) groups is 1. The SMILES string of the molecule is O=C(CCN1C(=O)/C(=C\C=C\c2ccccc2)SC1=S)NC1C=CS(=O)(=O)C1. The first-order valence-electron chi connectivity index (χ1n) is 8.51. The van der Waals surface area contributed by atoms with Crippen LogP contribution < -0.4 is 5.32 Å². The number of carbonyl (C=O) groups excluding carboxylic acids is 2. The molecule has 1 unspecified atom stereocenters. The van der Waals surface area contributed by atoms with E-state index >= 15 is 0 Å². The van der Waals surface area contributed by atoms with Crippen molar-refractivity contribution >= 4 is 56.0 Å². The zero-order valence-corrected chi connectivity index (χ0v) is 17.2. The highest BCUT2D eigenvalue weighted by molar-refractivity contribution is 8.26. The van der Waals surface area contributed by atoms with E-state index in [2.05, 4.69) is 5.32 Å². The number of nitrogens with zero attached hydrogens (tertiary/aromatic N) is 1. The van der Waals surface area contributed by atoms with Gasteiger partial charge in [0.25, 0.3) is 5.91 Å². The first kappa shape index (κ1) is 20.5. The highest BCUT2D eigenvalue weighted by atomic mass is 32.2. The van der Waals surface area contributed by atoms with Gasteiger partial charge in [0.1, 0.15) is 4.32 Å². The number of nitrogens with one attached hydrogen (secondary N) is 1. The van der Waals surface area contributed by atoms with Crippen molar-refractivity contribution in [1.29, 1.82) is 0 Å². The van der Waals surface area contributed by atoms with E-state index in [1.54, 1.807) is 12.2 Å². The third-order valence-electron chi connectivity index (χ3n) is 4.05. The number of benzene rings is 1. The van der Waals surface area contributed by atoms with Gasteiger partial charge in [-0.3, -0.25) is 14.5 Å². The number of hydrogen-bond acceptors (Lipinski definition) is 6. The Balaban J connectivity index is 1.52. The molecule has 1 aromatic rings. The van der Waals surface area contributed by atoms with Gasteiger partial charge in [0.05, 0.1) is 16.7 Å². The molecule has 1 aromatic carbocycles. The van der Waals surface area contributed by atoms with E-state index in [1.807, 2.05) is 36.4 Å². The normalized spacial score (nSPS) is 22.5. The fraction of sp³-hybridized carbons (Fsp3) is 0.211. The van der Waals surface area contributed by atoms with Crippen LogP contribution in [0.3, 0.4) is 0 Å². The monoisotopic (exact) mass is 434 g/mol. The Morgan fingerprint density at radius 3 is 2.75 bits per heavy atom. The molecule has 146 valence electrons. The third-order valence-corrected chi connectivity index (χ3v) is 6.84. The summed E-state index contributed by atoms with van der Waals surface area (Å²) in [5.41, 5.74) is 1.02. The van der Waals surface area contributed by atoms with Gasteiger partial charge in [0, 0.05) is 18.4 Å². The van der Waals surface area contributed by atoms with Crippen LogP contribution in [0.1, 0.15) is 12.0 Å². The molecule has 0 spiro atoms. The van der Waals surface area contributed by atoms with Gasteiger partial charge in [-0.05, 0) is 17.7 Å². The van der Waals surface area contributed by atoms with Crippen LogP contribution in [0.2, 0.25) is 0 Å². The molecule has 1 atom stereocenters. The van der Waals surface area contributed by atoms with Crippen molar-refractivity contribution < 1.29 is 18.0 Å². The minimum atomic E-state index is -3.22. The van der Waals surface area contributed by atoms with Crippen molar-refractivity contribution in [2.75, 3.05) is 12.3 Å². The van der Waals surface area contributed by atoms with E-state index in [0.29, 0.717) is 9.23 Å². The summed E-state index contributed by atoms with van der Waals surface area (Å²) in [6, 6.07) is 9.19. The number of carbonyl (C=O) groups is 2. The molecule has 1 fully saturated rings. The summed E-state index contributed by atoms with van der Waals surface area (Å²) >= 11 is 6.44. The Kier molecular flexibility index (Phi) is 6.48. The van der Waals surface area contributed by atoms with E-state index in [4.69, 9.17) is 12.2 Å². The van der Waals surface area contributed by atoms with Crippen LogP contribution in [-0.4, -0.2) is 47.8 Å². The summed E-state index contributed by atoms with van der Waals surface area (Å²) in [4.78, 5) is 26.4. The fourth-order valence-corrected chi connectivity index (χ4v) is 5.17. The molecule has 0 saturated carbocycles. The van der Waals surface area contributed by atoms with Crippen LogP contribution in [0.5, 0.6) is 0 Å². The predicted octanol–water partition coefficient (Wildman–Crippen LogP) is 2.26. The van der Waals surface area contributed by atoms with Crippen LogP contribution in [-0.2, 0) is 19.4 Å². The maximum absolute atomic E-state index is 12.5. The number of allylic oxidation sites excluding steroid dienone is 2. The Labute approximate surface area is 173 Å². The van der Waals surface area contributed by atoms with Crippen molar-refractivity contribution in [3.05, 3.63) is 64.4 Å². The van der Waals surface area contributed by atoms with E-state index in [-0.39, 0.29) is 30.5 Å². The zero-order chi connectivity index (χ0) is 20.1. The molecule has 28 heavy (non-hydrogen) atoms. The van der Waals surface area contributed by atoms with E-state index in [0.717, 1.165) is 11.0 Å². The Morgan fingerprint density at radius 1 is 1.32 bits per heavy atom. The number of sulfone groups is 1. The van der Waals surface area contributed by atoms with Crippen molar-refractivity contribution in [3.8, 4) is 0 Å². The maximum Gasteiger partial charge on any atom is 0.266 e. The Bertz CT molecular complexity index is 982. The average Bonchev–Trinajstić information content (AvgIpc) is 3.12. The lowest BCUT2D eigenvalue weighted by Gasteiger charge is -2.15. The molecule has 1 N–H and O–H groups in total. The largest absolute Gasteiger partial charge is 0.349 e. The van der Waals surface area contributed by atoms with Crippen molar-refractivity contribution in [3.63, 3.8) is 0 Å². The predicted molar refractivity (Wildman–Crippen MR) is 115 cm³/mol. The van der Waals surface area contributed by atoms with Gasteiger partial charge < -0.3 is 5.32 Å². The molecule has 6 nitrogen and oxygen atoms in total. The number of amides is 2. The van der Waals surface area contributed by atoms with Crippen LogP contribution >= 0.6 is 24.0 Å². The summed E-state index contributed by atoms with van der Waals surface area (Å²) in [5, 5.41) is 3.74. The summed E-state index contributed by atoms with van der Waals surface area (Å²) in [7, 11) is -3.22. The maximum atomic E-state index is 12.5. The van der Waals surface area contributed by atoms with Gasteiger partial charge >= 0.3 is 0 Å². The molecule has 2 amide bonds. The second-order valence-corrected chi connectivity index (χ2v) is 9.81. The minimum Gasteiger partial charge on any atom is -0.349 e. The highest BCUT2D eigenvalue weighted by Crippen LogP contribution is 2.31. The molecule has 2 aliphatic rings. The van der Waals surface area contributed by atoms with Crippen LogP contribution in [0.15, 0.2) is 58.9 Å². The molecule has 9 heteroatoms. The van der Waals surface area contributed by atoms with Gasteiger partial charge in [-0.25, -0.2) is 8.42 Å². The number of rotatable bonds is 6. The van der Waals surface area contributed by atoms with Crippen molar-refractivity contribution in [1.82, 2.24) is 10.2 Å². The highest BCUT2D eigenvalue weighted by Gasteiger charge is 2.32. The van der Waals surface area contributed by atoms with Crippen LogP contribution in [0.25, 0.3) is 6.08 Å². The van der Waals surface area contributed by atoms with E-state index in [9.17, 15) is 18.0 Å². The smallest absolute Gasteiger partial charge is 0.266 e. The van der Waals surface area contributed by atoms with Crippen LogP contribution in [0.4, 0.5) is 0 Å². The molecule has 1 saturated heterocycles. The molecular formula is C19H18N2O4S3. The summed E-state index contributed by atoms with van der Waals surface area (Å²) in [6.45, 7) is 0.152. The Hall–Kier alpha value is -2.23. The fourth-order valence-electron chi connectivity index (χ4n) is 2.68. The van der Waals surface area contributed by atoms with Gasteiger partial charge in [-0.15, -0.1) is 0 Å². The van der Waals surface area contributed by atoms with Gasteiger partial charge in [-0.1, -0.05) is 66.5 Å². The van der Waals surface area contributed by atoms with E-state index < -0.39 is 15.9 Å². The molecule has 0 aromatic heterocycles. The summed E-state index contributed by atoms with van der Waals surface area (Å²) in [5.74, 6) is -0.686. The topological polar surface area (TPSA) is 83.6 Å². The molecule has 2 aliphatic heterocycles. The molecular weight excluding hydrogens is 416 g/mol. The van der Waals surface area contributed by atoms with Gasteiger partial charge in [0.15, 0.2) is 9.84 Å². The minimum absolute atomic E-state index is 0.0456. The molecule has 2 heterocycles. The second kappa shape index (κ2) is 8.85. The van der Waals surface area contributed by atoms with Crippen molar-refractivity contribution in [2.24, 2.45) is 0 Å². The first-order chi connectivity index (χ1) is 13.3. The lowest BCUT2D eigenvalue weighted by atomic mass is 10.2. The third kappa shape index (κ3) is 5.40. The molecule has 3 rings (SSSR count). The Morgan fingerprint density at radius 2 is 2.07 bits per heavy atom. The quantitative estimate of drug-likeness (QED) is 0.546. The second-order valence-electron chi connectivity index (χ2n) is 6.21. The van der Waals surface area contributed by atoms with E-state index in [1.165, 1.54) is 22.7 Å². The zero-order valence-electron chi connectivity index (χ0n) is 14.8.